The van der Waals surface area contributed by atoms with Gasteiger partial charge in [-0.15, -0.1) is 0 Å². The van der Waals surface area contributed by atoms with Crippen molar-refractivity contribution in [2.75, 3.05) is 13.2 Å². The molecule has 5 nitrogen and oxygen atoms in total. The fourth-order valence-electron chi connectivity index (χ4n) is 2.18. The zero-order valence-corrected chi connectivity index (χ0v) is 12.0. The molecular formula is C13H13Cl2NO4. The molecule has 1 amide bonds. The Morgan fingerprint density at radius 2 is 1.95 bits per heavy atom. The lowest BCUT2D eigenvalue weighted by atomic mass is 9.94. The predicted octanol–water partition coefficient (Wildman–Crippen LogP) is 2.36. The van der Waals surface area contributed by atoms with Crippen LogP contribution in [0.25, 0.3) is 0 Å². The van der Waals surface area contributed by atoms with Crippen LogP contribution in [0.15, 0.2) is 18.2 Å². The van der Waals surface area contributed by atoms with Crippen molar-refractivity contribution in [2.45, 2.75) is 18.4 Å². The number of nitrogens with one attached hydrogen (secondary N) is 1. The molecule has 1 aliphatic heterocycles. The van der Waals surface area contributed by atoms with E-state index in [0.717, 1.165) is 0 Å². The highest BCUT2D eigenvalue weighted by Crippen LogP contribution is 2.25. The third kappa shape index (κ3) is 3.62. The van der Waals surface area contributed by atoms with Crippen molar-refractivity contribution in [3.8, 4) is 0 Å². The average molecular weight is 318 g/mol. The second-order valence-electron chi connectivity index (χ2n) is 4.77. The molecule has 2 N–H and O–H groups in total. The second kappa shape index (κ2) is 5.99. The maximum absolute atomic E-state index is 12.2. The maximum Gasteiger partial charge on any atom is 0.305 e. The molecule has 1 saturated heterocycles. The SMILES string of the molecule is O=C(O)CC1(NC(=O)c2cc(Cl)cc(Cl)c2)CCOC1. The van der Waals surface area contributed by atoms with E-state index >= 15 is 0 Å². The molecule has 0 bridgehead atoms. The lowest BCUT2D eigenvalue weighted by molar-refractivity contribution is -0.138. The summed E-state index contributed by atoms with van der Waals surface area (Å²) in [6.07, 6.45) is 0.270. The van der Waals surface area contributed by atoms with Gasteiger partial charge >= 0.3 is 5.97 Å². The molecule has 108 valence electrons. The van der Waals surface area contributed by atoms with E-state index in [0.29, 0.717) is 28.6 Å². The van der Waals surface area contributed by atoms with Gasteiger partial charge in [-0.3, -0.25) is 9.59 Å². The third-order valence-corrected chi connectivity index (χ3v) is 3.53. The Bertz CT molecular complexity index is 521. The summed E-state index contributed by atoms with van der Waals surface area (Å²) in [6.45, 7) is 0.600. The summed E-state index contributed by atoms with van der Waals surface area (Å²) < 4.78 is 5.22. The number of hydrogen-bond donors (Lipinski definition) is 2. The Labute approximate surface area is 125 Å². The van der Waals surface area contributed by atoms with E-state index in [2.05, 4.69) is 5.32 Å². The van der Waals surface area contributed by atoms with Gasteiger partial charge in [-0.1, -0.05) is 23.2 Å². The van der Waals surface area contributed by atoms with Crippen LogP contribution in [0.2, 0.25) is 10.0 Å². The van der Waals surface area contributed by atoms with E-state index < -0.39 is 17.4 Å². The Morgan fingerprint density at radius 1 is 1.30 bits per heavy atom. The number of hydrogen-bond acceptors (Lipinski definition) is 3. The van der Waals surface area contributed by atoms with E-state index in [1.807, 2.05) is 0 Å². The van der Waals surface area contributed by atoms with E-state index in [9.17, 15) is 9.59 Å². The van der Waals surface area contributed by atoms with Crippen molar-refractivity contribution >= 4 is 35.1 Å². The standard InChI is InChI=1S/C13H13Cl2NO4/c14-9-3-8(4-10(15)5-9)12(19)16-13(6-11(17)18)1-2-20-7-13/h3-5H,1-2,6-7H2,(H,16,19)(H,17,18). The minimum absolute atomic E-state index is 0.180. The van der Waals surface area contributed by atoms with Crippen molar-refractivity contribution in [1.29, 1.82) is 0 Å². The molecule has 7 heteroatoms. The largest absolute Gasteiger partial charge is 0.481 e. The molecule has 0 spiro atoms. The van der Waals surface area contributed by atoms with Gasteiger partial charge in [0.1, 0.15) is 0 Å². The van der Waals surface area contributed by atoms with E-state index in [1.54, 1.807) is 0 Å². The normalized spacial score (nSPS) is 21.7. The van der Waals surface area contributed by atoms with Crippen molar-refractivity contribution < 1.29 is 19.4 Å². The maximum atomic E-state index is 12.2. The van der Waals surface area contributed by atoms with Gasteiger partial charge in [0.25, 0.3) is 5.91 Å². The molecule has 20 heavy (non-hydrogen) atoms. The van der Waals surface area contributed by atoms with E-state index in [1.165, 1.54) is 18.2 Å². The summed E-state index contributed by atoms with van der Waals surface area (Å²) in [4.78, 5) is 23.2. The minimum atomic E-state index is -0.986. The summed E-state index contributed by atoms with van der Waals surface area (Å²) in [6, 6.07) is 4.48. The molecule has 1 atom stereocenters. The number of carboxylic acids is 1. The topological polar surface area (TPSA) is 75.6 Å². The minimum Gasteiger partial charge on any atom is -0.481 e. The summed E-state index contributed by atoms with van der Waals surface area (Å²) in [5.74, 6) is -1.40. The number of carbonyl (C=O) groups excluding carboxylic acids is 1. The fourth-order valence-corrected chi connectivity index (χ4v) is 2.70. The average Bonchev–Trinajstić information content (AvgIpc) is 2.74. The molecule has 0 saturated carbocycles. The molecule has 0 radical (unpaired) electrons. The molecular weight excluding hydrogens is 305 g/mol. The van der Waals surface area contributed by atoms with Gasteiger partial charge in [-0.2, -0.15) is 0 Å². The zero-order chi connectivity index (χ0) is 14.8. The number of benzene rings is 1. The lowest BCUT2D eigenvalue weighted by Gasteiger charge is -2.27. The summed E-state index contributed by atoms with van der Waals surface area (Å²) >= 11 is 11.7. The Morgan fingerprint density at radius 3 is 2.45 bits per heavy atom. The van der Waals surface area contributed by atoms with Crippen molar-refractivity contribution in [3.05, 3.63) is 33.8 Å². The predicted molar refractivity (Wildman–Crippen MR) is 74.3 cm³/mol. The van der Waals surface area contributed by atoms with E-state index in [4.69, 9.17) is 33.0 Å². The van der Waals surface area contributed by atoms with Crippen LogP contribution in [0.3, 0.4) is 0 Å². The number of aliphatic carboxylic acids is 1. The highest BCUT2D eigenvalue weighted by Gasteiger charge is 2.38. The first kappa shape index (κ1) is 15.1. The van der Waals surface area contributed by atoms with Gasteiger partial charge in [0, 0.05) is 22.2 Å². The first-order chi connectivity index (χ1) is 9.40. The Kier molecular flexibility index (Phi) is 4.52. The fraction of sp³-hybridized carbons (Fsp3) is 0.385. The molecule has 2 rings (SSSR count). The molecule has 1 heterocycles. The van der Waals surface area contributed by atoms with Crippen LogP contribution in [0, 0.1) is 0 Å². The summed E-state index contributed by atoms with van der Waals surface area (Å²) in [5.41, 5.74) is -0.586. The van der Waals surface area contributed by atoms with Crippen LogP contribution in [0.1, 0.15) is 23.2 Å². The smallest absolute Gasteiger partial charge is 0.305 e. The van der Waals surface area contributed by atoms with Crippen LogP contribution in [-0.4, -0.2) is 35.7 Å². The zero-order valence-electron chi connectivity index (χ0n) is 10.5. The molecule has 1 aromatic rings. The third-order valence-electron chi connectivity index (χ3n) is 3.10. The van der Waals surface area contributed by atoms with Crippen molar-refractivity contribution in [1.82, 2.24) is 5.32 Å². The monoisotopic (exact) mass is 317 g/mol. The first-order valence-electron chi connectivity index (χ1n) is 5.98. The number of amides is 1. The number of ether oxygens (including phenoxy) is 1. The van der Waals surface area contributed by atoms with Crippen LogP contribution >= 0.6 is 23.2 Å². The van der Waals surface area contributed by atoms with Gasteiger partial charge < -0.3 is 15.2 Å². The van der Waals surface area contributed by atoms with Crippen molar-refractivity contribution in [2.24, 2.45) is 0 Å². The van der Waals surface area contributed by atoms with Crippen molar-refractivity contribution in [3.63, 3.8) is 0 Å². The van der Waals surface area contributed by atoms with Crippen LogP contribution < -0.4 is 5.32 Å². The highest BCUT2D eigenvalue weighted by molar-refractivity contribution is 6.35. The molecule has 1 aliphatic rings. The van der Waals surface area contributed by atoms with E-state index in [-0.39, 0.29) is 13.0 Å². The van der Waals surface area contributed by atoms with Crippen LogP contribution in [0.4, 0.5) is 0 Å². The molecule has 1 unspecified atom stereocenters. The van der Waals surface area contributed by atoms with Gasteiger partial charge in [-0.05, 0) is 24.6 Å². The summed E-state index contributed by atoms with van der Waals surface area (Å²) in [5, 5.41) is 12.4. The second-order valence-corrected chi connectivity index (χ2v) is 5.64. The number of carbonyl (C=O) groups is 2. The quantitative estimate of drug-likeness (QED) is 0.893. The molecule has 1 fully saturated rings. The Hall–Kier alpha value is -1.30. The van der Waals surface area contributed by atoms with Gasteiger partial charge in [-0.25, -0.2) is 0 Å². The number of rotatable bonds is 4. The highest BCUT2D eigenvalue weighted by atomic mass is 35.5. The van der Waals surface area contributed by atoms with Gasteiger partial charge in [0.15, 0.2) is 0 Å². The number of carboxylic acid groups (broad SMARTS) is 1. The van der Waals surface area contributed by atoms with Gasteiger partial charge in [0.2, 0.25) is 0 Å². The van der Waals surface area contributed by atoms with Gasteiger partial charge in [0.05, 0.1) is 18.6 Å². The molecule has 1 aromatic carbocycles. The number of halogens is 2. The summed E-state index contributed by atoms with van der Waals surface area (Å²) in [7, 11) is 0. The lowest BCUT2D eigenvalue weighted by Crippen LogP contribution is -2.50. The molecule has 0 aromatic heterocycles. The van der Waals surface area contributed by atoms with Crippen LogP contribution in [-0.2, 0) is 9.53 Å². The van der Waals surface area contributed by atoms with Crippen LogP contribution in [0.5, 0.6) is 0 Å². The first-order valence-corrected chi connectivity index (χ1v) is 6.74. The molecule has 0 aliphatic carbocycles. The Balaban J connectivity index is 2.18.